The van der Waals surface area contributed by atoms with Crippen molar-refractivity contribution in [2.24, 2.45) is 0 Å². The normalized spacial score (nSPS) is 11.5. The zero-order chi connectivity index (χ0) is 17.4. The third-order valence-electron chi connectivity index (χ3n) is 3.82. The van der Waals surface area contributed by atoms with Crippen molar-refractivity contribution >= 4 is 29.0 Å². The first-order valence-electron chi connectivity index (χ1n) is 7.58. The average molecular weight is 376 g/mol. The molecule has 0 saturated heterocycles. The van der Waals surface area contributed by atoms with Gasteiger partial charge in [-0.3, -0.25) is 4.40 Å². The molecule has 0 spiro atoms. The Bertz CT molecular complexity index is 1020. The number of hydrogen-bond acceptors (Lipinski definition) is 7. The molecule has 9 heteroatoms. The lowest BCUT2D eigenvalue weighted by Gasteiger charge is -1.97. The zero-order valence-corrected chi connectivity index (χ0v) is 15.1. The molecule has 0 N–H and O–H groups in total. The number of thioether (sulfide) groups is 1. The Morgan fingerprint density at radius 3 is 2.80 bits per heavy atom. The number of hydrogen-bond donors (Lipinski definition) is 0. The van der Waals surface area contributed by atoms with Gasteiger partial charge in [0.15, 0.2) is 5.15 Å². The molecule has 0 radical (unpaired) electrons. The van der Waals surface area contributed by atoms with E-state index >= 15 is 0 Å². The lowest BCUT2D eigenvalue weighted by Crippen LogP contribution is -1.90. The van der Waals surface area contributed by atoms with Gasteiger partial charge in [-0.1, -0.05) is 28.0 Å². The minimum atomic E-state index is 0.349. The van der Waals surface area contributed by atoms with E-state index < -0.39 is 0 Å². The van der Waals surface area contributed by atoms with E-state index in [1.54, 1.807) is 11.8 Å². The van der Waals surface area contributed by atoms with Crippen molar-refractivity contribution in [3.8, 4) is 11.5 Å². The summed E-state index contributed by atoms with van der Waals surface area (Å²) < 4.78 is 12.4. The average Bonchev–Trinajstić information content (AvgIpc) is 3.27. The molecule has 4 aromatic heterocycles. The van der Waals surface area contributed by atoms with Gasteiger partial charge in [0.2, 0.25) is 11.7 Å². The van der Waals surface area contributed by atoms with E-state index in [1.807, 2.05) is 42.6 Å². The smallest absolute Gasteiger partial charge is 0.237 e. The van der Waals surface area contributed by atoms with Gasteiger partial charge in [-0.15, -0.1) is 11.8 Å². The van der Waals surface area contributed by atoms with Crippen LogP contribution >= 0.6 is 23.4 Å². The maximum absolute atomic E-state index is 6.24. The van der Waals surface area contributed by atoms with Gasteiger partial charge in [0, 0.05) is 17.5 Å². The van der Waals surface area contributed by atoms with Crippen LogP contribution in [-0.4, -0.2) is 24.7 Å². The summed E-state index contributed by atoms with van der Waals surface area (Å²) in [7, 11) is 0. The monoisotopic (exact) mass is 375 g/mol. The topological polar surface area (TPSA) is 82.2 Å². The van der Waals surface area contributed by atoms with Crippen molar-refractivity contribution < 1.29 is 9.05 Å². The maximum atomic E-state index is 6.24. The van der Waals surface area contributed by atoms with Gasteiger partial charge in [-0.05, 0) is 26.0 Å². The van der Waals surface area contributed by atoms with E-state index in [0.29, 0.717) is 28.3 Å². The van der Waals surface area contributed by atoms with Crippen molar-refractivity contribution in [3.05, 3.63) is 52.5 Å². The zero-order valence-electron chi connectivity index (χ0n) is 13.6. The molecule has 0 bridgehead atoms. The molecule has 0 fully saturated rings. The summed E-state index contributed by atoms with van der Waals surface area (Å²) in [6.07, 6.45) is 1.87. The highest BCUT2D eigenvalue weighted by Crippen LogP contribution is 2.28. The van der Waals surface area contributed by atoms with Crippen molar-refractivity contribution in [2.75, 3.05) is 0 Å². The third-order valence-corrected chi connectivity index (χ3v) is 5.03. The lowest BCUT2D eigenvalue weighted by atomic mass is 10.2. The standard InChI is InChI=1S/C16H14ClN5O2S/c1-9-11(10(2)23-20-9)7-25-8-13-19-16(21-24-13)14-15(17)18-12-5-3-4-6-22(12)14/h3-6H,7-8H2,1-2H3. The highest BCUT2D eigenvalue weighted by molar-refractivity contribution is 7.97. The van der Waals surface area contributed by atoms with Gasteiger partial charge in [0.05, 0.1) is 11.4 Å². The van der Waals surface area contributed by atoms with Gasteiger partial charge >= 0.3 is 0 Å². The molecule has 4 rings (SSSR count). The third kappa shape index (κ3) is 3.03. The first-order valence-corrected chi connectivity index (χ1v) is 9.12. The van der Waals surface area contributed by atoms with Crippen LogP contribution in [0, 0.1) is 13.8 Å². The number of fused-ring (bicyclic) bond motifs is 1. The Labute approximate surface area is 152 Å². The number of halogens is 1. The van der Waals surface area contributed by atoms with E-state index in [9.17, 15) is 0 Å². The molecule has 0 atom stereocenters. The molecule has 0 aromatic carbocycles. The molecule has 4 aromatic rings. The Balaban J connectivity index is 1.51. The number of aromatic nitrogens is 5. The van der Waals surface area contributed by atoms with Crippen LogP contribution in [0.25, 0.3) is 17.2 Å². The Hall–Kier alpha value is -2.32. The summed E-state index contributed by atoms with van der Waals surface area (Å²) in [5.74, 6) is 3.17. The van der Waals surface area contributed by atoms with Crippen LogP contribution in [-0.2, 0) is 11.5 Å². The molecule has 128 valence electrons. The fraction of sp³-hybridized carbons (Fsp3) is 0.250. The van der Waals surface area contributed by atoms with Crippen LogP contribution in [0.3, 0.4) is 0 Å². The fourth-order valence-corrected chi connectivity index (χ4v) is 3.80. The summed E-state index contributed by atoms with van der Waals surface area (Å²) in [5, 5.41) is 8.35. The van der Waals surface area contributed by atoms with Crippen molar-refractivity contribution in [1.82, 2.24) is 24.7 Å². The van der Waals surface area contributed by atoms with Crippen molar-refractivity contribution in [1.29, 1.82) is 0 Å². The predicted molar refractivity (Wildman–Crippen MR) is 94.5 cm³/mol. The maximum Gasteiger partial charge on any atom is 0.237 e. The molecule has 0 unspecified atom stereocenters. The van der Waals surface area contributed by atoms with Crippen LogP contribution < -0.4 is 0 Å². The second kappa shape index (κ2) is 6.53. The molecule has 4 heterocycles. The number of imidazole rings is 1. The van der Waals surface area contributed by atoms with Crippen LogP contribution in [0.1, 0.15) is 22.9 Å². The second-order valence-corrected chi connectivity index (χ2v) is 6.83. The lowest BCUT2D eigenvalue weighted by molar-refractivity contribution is 0.391. The molecule has 0 aliphatic heterocycles. The van der Waals surface area contributed by atoms with Gasteiger partial charge in [-0.2, -0.15) is 4.98 Å². The molecule has 0 aliphatic rings. The SMILES string of the molecule is Cc1noc(C)c1CSCc1nc(-c2c(Cl)nc3ccccn23)no1. The first kappa shape index (κ1) is 16.2. The summed E-state index contributed by atoms with van der Waals surface area (Å²) >= 11 is 7.90. The molecule has 0 aliphatic carbocycles. The molecule has 25 heavy (non-hydrogen) atoms. The molecular formula is C16H14ClN5O2S. The fourth-order valence-electron chi connectivity index (χ4n) is 2.53. The summed E-state index contributed by atoms with van der Waals surface area (Å²) in [6, 6.07) is 5.67. The van der Waals surface area contributed by atoms with Crippen LogP contribution in [0.5, 0.6) is 0 Å². The highest BCUT2D eigenvalue weighted by atomic mass is 35.5. The van der Waals surface area contributed by atoms with Crippen molar-refractivity contribution in [2.45, 2.75) is 25.4 Å². The first-order chi connectivity index (χ1) is 12.1. The number of aryl methyl sites for hydroxylation is 2. The van der Waals surface area contributed by atoms with Gasteiger partial charge < -0.3 is 9.05 Å². The predicted octanol–water partition coefficient (Wildman–Crippen LogP) is 4.08. The molecule has 0 saturated carbocycles. The molecule has 7 nitrogen and oxygen atoms in total. The van der Waals surface area contributed by atoms with Gasteiger partial charge in [0.25, 0.3) is 0 Å². The number of rotatable bonds is 5. The summed E-state index contributed by atoms with van der Waals surface area (Å²) in [4.78, 5) is 8.74. The largest absolute Gasteiger partial charge is 0.361 e. The molecular weight excluding hydrogens is 362 g/mol. The van der Waals surface area contributed by atoms with Crippen LogP contribution in [0.15, 0.2) is 33.4 Å². The summed E-state index contributed by atoms with van der Waals surface area (Å²) in [5.41, 5.74) is 3.38. The summed E-state index contributed by atoms with van der Waals surface area (Å²) in [6.45, 7) is 3.84. The van der Waals surface area contributed by atoms with Crippen LogP contribution in [0.2, 0.25) is 5.15 Å². The number of pyridine rings is 1. The van der Waals surface area contributed by atoms with E-state index in [4.69, 9.17) is 20.6 Å². The van der Waals surface area contributed by atoms with Gasteiger partial charge in [0.1, 0.15) is 17.1 Å². The van der Waals surface area contributed by atoms with E-state index in [-0.39, 0.29) is 0 Å². The quantitative estimate of drug-likeness (QED) is 0.519. The highest BCUT2D eigenvalue weighted by Gasteiger charge is 2.18. The van der Waals surface area contributed by atoms with Crippen LogP contribution in [0.4, 0.5) is 0 Å². The second-order valence-electron chi connectivity index (χ2n) is 5.49. The molecule has 0 amide bonds. The van der Waals surface area contributed by atoms with E-state index in [0.717, 1.165) is 28.4 Å². The van der Waals surface area contributed by atoms with E-state index in [1.165, 1.54) is 0 Å². The Morgan fingerprint density at radius 1 is 1.12 bits per heavy atom. The Kier molecular flexibility index (Phi) is 4.22. The van der Waals surface area contributed by atoms with E-state index in [2.05, 4.69) is 20.3 Å². The minimum absolute atomic E-state index is 0.349. The number of nitrogens with zero attached hydrogens (tertiary/aromatic N) is 5. The van der Waals surface area contributed by atoms with Crippen molar-refractivity contribution in [3.63, 3.8) is 0 Å². The minimum Gasteiger partial charge on any atom is -0.361 e. The van der Waals surface area contributed by atoms with Gasteiger partial charge in [-0.25, -0.2) is 4.98 Å². The Morgan fingerprint density at radius 2 is 2.00 bits per heavy atom.